The third-order valence-electron chi connectivity index (χ3n) is 5.07. The van der Waals surface area contributed by atoms with Crippen LogP contribution < -0.4 is 5.73 Å². The molecule has 0 aliphatic carbocycles. The van der Waals surface area contributed by atoms with Crippen molar-refractivity contribution in [1.29, 1.82) is 0 Å². The van der Waals surface area contributed by atoms with Crippen LogP contribution in [0, 0.1) is 5.92 Å². The van der Waals surface area contributed by atoms with Gasteiger partial charge in [-0.2, -0.15) is 0 Å². The maximum atomic E-state index is 12.7. The van der Waals surface area contributed by atoms with Crippen LogP contribution in [0.2, 0.25) is 0 Å². The van der Waals surface area contributed by atoms with Gasteiger partial charge < -0.3 is 10.6 Å². The summed E-state index contributed by atoms with van der Waals surface area (Å²) < 4.78 is 0. The highest BCUT2D eigenvalue weighted by Crippen LogP contribution is 2.23. The van der Waals surface area contributed by atoms with Crippen LogP contribution in [0.15, 0.2) is 48.5 Å². The lowest BCUT2D eigenvalue weighted by Gasteiger charge is -2.31. The Balaban J connectivity index is 1.70. The number of hydrogen-bond donors (Lipinski definition) is 1. The lowest BCUT2D eigenvalue weighted by atomic mass is 9.96. The highest BCUT2D eigenvalue weighted by Gasteiger charge is 2.27. The second-order valence-electron chi connectivity index (χ2n) is 7.02. The first kappa shape index (κ1) is 18.2. The number of hydrogen-bond acceptors (Lipinski definition) is 2. The van der Waals surface area contributed by atoms with Crippen molar-refractivity contribution in [3.63, 3.8) is 0 Å². The highest BCUT2D eigenvalue weighted by atomic mass is 16.2. The fourth-order valence-electron chi connectivity index (χ4n) is 3.53. The van der Waals surface area contributed by atoms with Crippen molar-refractivity contribution in [2.75, 3.05) is 13.1 Å². The molecule has 1 aliphatic heterocycles. The molecule has 0 aromatic heterocycles. The second kappa shape index (κ2) is 8.17. The number of carbonyl (C=O) groups is 2. The molecule has 1 aliphatic rings. The molecule has 0 unspecified atom stereocenters. The number of nitrogens with two attached hydrogens (primary N) is 1. The van der Waals surface area contributed by atoms with E-state index in [2.05, 4.69) is 31.2 Å². The molecule has 26 heavy (non-hydrogen) atoms. The standard InChI is InChI=1S/C22H26N2O2/c1-2-4-16-6-8-17(9-7-16)18-10-12-19(13-11-18)22(26)24-14-3-5-20(15-24)21(23)25/h6-13,20H,2-5,14-15H2,1H3,(H2,23,25)/t20-/m1/s1. The largest absolute Gasteiger partial charge is 0.369 e. The first-order valence-corrected chi connectivity index (χ1v) is 9.36. The Bertz CT molecular complexity index is 766. The van der Waals surface area contributed by atoms with Gasteiger partial charge in [-0.3, -0.25) is 9.59 Å². The molecular weight excluding hydrogens is 324 g/mol. The molecule has 4 heteroatoms. The molecule has 1 atom stereocenters. The quantitative estimate of drug-likeness (QED) is 0.895. The van der Waals surface area contributed by atoms with Gasteiger partial charge in [0, 0.05) is 18.7 Å². The summed E-state index contributed by atoms with van der Waals surface area (Å²) in [7, 11) is 0. The average molecular weight is 350 g/mol. The van der Waals surface area contributed by atoms with Crippen LogP contribution >= 0.6 is 0 Å². The van der Waals surface area contributed by atoms with Gasteiger partial charge in [-0.1, -0.05) is 49.7 Å². The predicted molar refractivity (Wildman–Crippen MR) is 104 cm³/mol. The highest BCUT2D eigenvalue weighted by molar-refractivity contribution is 5.95. The Hall–Kier alpha value is -2.62. The zero-order valence-corrected chi connectivity index (χ0v) is 15.3. The Morgan fingerprint density at radius 2 is 1.65 bits per heavy atom. The molecule has 136 valence electrons. The molecule has 0 radical (unpaired) electrons. The Morgan fingerprint density at radius 3 is 2.23 bits per heavy atom. The molecule has 1 heterocycles. The van der Waals surface area contributed by atoms with Crippen molar-refractivity contribution in [3.05, 3.63) is 59.7 Å². The summed E-state index contributed by atoms with van der Waals surface area (Å²) in [6.45, 7) is 3.29. The molecule has 4 nitrogen and oxygen atoms in total. The number of nitrogens with zero attached hydrogens (tertiary/aromatic N) is 1. The van der Waals surface area contributed by atoms with Gasteiger partial charge in [-0.05, 0) is 48.1 Å². The van der Waals surface area contributed by atoms with Crippen molar-refractivity contribution < 1.29 is 9.59 Å². The van der Waals surface area contributed by atoms with E-state index in [0.29, 0.717) is 18.7 Å². The van der Waals surface area contributed by atoms with E-state index in [-0.39, 0.29) is 17.7 Å². The minimum Gasteiger partial charge on any atom is -0.369 e. The van der Waals surface area contributed by atoms with Crippen LogP contribution in [-0.4, -0.2) is 29.8 Å². The SMILES string of the molecule is CCCc1ccc(-c2ccc(C(=O)N3CCC[C@@H](C(N)=O)C3)cc2)cc1. The van der Waals surface area contributed by atoms with Crippen molar-refractivity contribution in [1.82, 2.24) is 4.90 Å². The number of aryl methyl sites for hydroxylation is 1. The monoisotopic (exact) mass is 350 g/mol. The lowest BCUT2D eigenvalue weighted by Crippen LogP contribution is -2.44. The van der Waals surface area contributed by atoms with E-state index in [1.165, 1.54) is 5.56 Å². The van der Waals surface area contributed by atoms with E-state index in [4.69, 9.17) is 5.73 Å². The average Bonchev–Trinajstić information content (AvgIpc) is 2.68. The van der Waals surface area contributed by atoms with E-state index in [9.17, 15) is 9.59 Å². The van der Waals surface area contributed by atoms with Crippen molar-refractivity contribution in [3.8, 4) is 11.1 Å². The zero-order valence-electron chi connectivity index (χ0n) is 15.3. The summed E-state index contributed by atoms with van der Waals surface area (Å²) in [5.41, 5.74) is 9.65. The summed E-state index contributed by atoms with van der Waals surface area (Å²) >= 11 is 0. The number of likely N-dealkylation sites (tertiary alicyclic amines) is 1. The summed E-state index contributed by atoms with van der Waals surface area (Å²) in [6.07, 6.45) is 3.83. The zero-order chi connectivity index (χ0) is 18.5. The van der Waals surface area contributed by atoms with E-state index in [1.54, 1.807) is 4.90 Å². The lowest BCUT2D eigenvalue weighted by molar-refractivity contribution is -0.123. The third kappa shape index (κ3) is 4.13. The molecule has 0 spiro atoms. The van der Waals surface area contributed by atoms with Gasteiger partial charge in [0.15, 0.2) is 0 Å². The number of primary amides is 1. The molecule has 1 saturated heterocycles. The number of piperidine rings is 1. The topological polar surface area (TPSA) is 63.4 Å². The molecule has 2 amide bonds. The number of benzene rings is 2. The first-order chi connectivity index (χ1) is 12.6. The third-order valence-corrected chi connectivity index (χ3v) is 5.07. The predicted octanol–water partition coefficient (Wildman–Crippen LogP) is 3.64. The van der Waals surface area contributed by atoms with Crippen LogP contribution in [-0.2, 0) is 11.2 Å². The van der Waals surface area contributed by atoms with Crippen molar-refractivity contribution >= 4 is 11.8 Å². The minimum atomic E-state index is -0.315. The van der Waals surface area contributed by atoms with Gasteiger partial charge in [-0.15, -0.1) is 0 Å². The number of rotatable bonds is 5. The van der Waals surface area contributed by atoms with Gasteiger partial charge in [-0.25, -0.2) is 0 Å². The maximum Gasteiger partial charge on any atom is 0.253 e. The molecular formula is C22H26N2O2. The van der Waals surface area contributed by atoms with Gasteiger partial charge in [0.05, 0.1) is 5.92 Å². The van der Waals surface area contributed by atoms with Gasteiger partial charge in [0.25, 0.3) is 5.91 Å². The fraction of sp³-hybridized carbons (Fsp3) is 0.364. The van der Waals surface area contributed by atoms with E-state index in [1.807, 2.05) is 24.3 Å². The Labute approximate surface area is 155 Å². The van der Waals surface area contributed by atoms with Crippen LogP contribution in [0.4, 0.5) is 0 Å². The molecule has 3 rings (SSSR count). The van der Waals surface area contributed by atoms with Crippen LogP contribution in [0.3, 0.4) is 0 Å². The molecule has 2 N–H and O–H groups in total. The van der Waals surface area contributed by atoms with Crippen LogP contribution in [0.1, 0.15) is 42.1 Å². The summed E-state index contributed by atoms with van der Waals surface area (Å²) in [6, 6.07) is 16.3. The number of carbonyl (C=O) groups excluding carboxylic acids is 2. The number of amides is 2. The van der Waals surface area contributed by atoms with Gasteiger partial charge >= 0.3 is 0 Å². The van der Waals surface area contributed by atoms with Gasteiger partial charge in [0.1, 0.15) is 0 Å². The van der Waals surface area contributed by atoms with Crippen LogP contribution in [0.25, 0.3) is 11.1 Å². The smallest absolute Gasteiger partial charge is 0.253 e. The van der Waals surface area contributed by atoms with E-state index >= 15 is 0 Å². The molecule has 2 aromatic carbocycles. The van der Waals surface area contributed by atoms with Crippen molar-refractivity contribution in [2.24, 2.45) is 11.7 Å². The van der Waals surface area contributed by atoms with E-state index in [0.717, 1.165) is 36.8 Å². The fourth-order valence-corrected chi connectivity index (χ4v) is 3.53. The normalized spacial score (nSPS) is 17.1. The summed E-state index contributed by atoms with van der Waals surface area (Å²) in [5.74, 6) is -0.571. The van der Waals surface area contributed by atoms with E-state index < -0.39 is 0 Å². The molecule has 0 bridgehead atoms. The summed E-state index contributed by atoms with van der Waals surface area (Å²) in [5, 5.41) is 0. The Kier molecular flexibility index (Phi) is 5.71. The molecule has 2 aromatic rings. The molecule has 1 fully saturated rings. The van der Waals surface area contributed by atoms with Gasteiger partial charge in [0.2, 0.25) is 5.91 Å². The minimum absolute atomic E-state index is 0.0270. The first-order valence-electron chi connectivity index (χ1n) is 9.36. The van der Waals surface area contributed by atoms with Crippen LogP contribution in [0.5, 0.6) is 0 Å². The summed E-state index contributed by atoms with van der Waals surface area (Å²) in [4.78, 5) is 25.9. The molecule has 0 saturated carbocycles. The second-order valence-corrected chi connectivity index (χ2v) is 7.02. The Morgan fingerprint density at radius 1 is 1.04 bits per heavy atom. The van der Waals surface area contributed by atoms with Crippen molar-refractivity contribution in [2.45, 2.75) is 32.6 Å². The maximum absolute atomic E-state index is 12.7.